The quantitative estimate of drug-likeness (QED) is 0.667. The first-order valence-corrected chi connectivity index (χ1v) is 7.30. The van der Waals surface area contributed by atoms with Crippen LogP contribution in [0.3, 0.4) is 0 Å². The molecule has 0 heterocycles. The van der Waals surface area contributed by atoms with Gasteiger partial charge in [0.15, 0.2) is 0 Å². The first-order chi connectivity index (χ1) is 9.63. The number of carbonyl (C=O) groups is 1. The molecular formula is C14H21BrN2O3. The Morgan fingerprint density at radius 2 is 2.15 bits per heavy atom. The number of ether oxygens (including phenoxy) is 2. The minimum Gasteiger partial charge on any atom is -0.488 e. The first-order valence-electron chi connectivity index (χ1n) is 6.51. The molecule has 0 spiro atoms. The molecule has 0 saturated carbocycles. The average molecular weight is 345 g/mol. The molecule has 1 rings (SSSR count). The number of halogens is 1. The van der Waals surface area contributed by atoms with Crippen molar-refractivity contribution < 1.29 is 14.3 Å². The number of nitrogens with one attached hydrogen (secondary N) is 2. The highest BCUT2D eigenvalue weighted by atomic mass is 79.9. The summed E-state index contributed by atoms with van der Waals surface area (Å²) in [5, 5.41) is 5.80. The maximum Gasteiger partial charge on any atom is 0.234 e. The van der Waals surface area contributed by atoms with E-state index in [0.29, 0.717) is 19.7 Å². The zero-order valence-corrected chi connectivity index (χ0v) is 13.4. The lowest BCUT2D eigenvalue weighted by Crippen LogP contribution is -2.39. The Balaban J connectivity index is 2.21. The number of rotatable bonds is 9. The van der Waals surface area contributed by atoms with Crippen LogP contribution in [0, 0.1) is 0 Å². The average Bonchev–Trinajstić information content (AvgIpc) is 2.44. The van der Waals surface area contributed by atoms with Crippen LogP contribution in [0.15, 0.2) is 28.7 Å². The maximum absolute atomic E-state index is 11.6. The highest BCUT2D eigenvalue weighted by Gasteiger charge is 2.08. The van der Waals surface area contributed by atoms with E-state index in [2.05, 4.69) is 26.6 Å². The Morgan fingerprint density at radius 1 is 1.40 bits per heavy atom. The van der Waals surface area contributed by atoms with Gasteiger partial charge in [-0.1, -0.05) is 12.1 Å². The van der Waals surface area contributed by atoms with Crippen molar-refractivity contribution in [2.75, 3.05) is 33.4 Å². The van der Waals surface area contributed by atoms with E-state index < -0.39 is 0 Å². The summed E-state index contributed by atoms with van der Waals surface area (Å²) in [6.07, 6.45) is -0.100. The van der Waals surface area contributed by atoms with Crippen LogP contribution >= 0.6 is 15.9 Å². The second-order valence-corrected chi connectivity index (χ2v) is 5.19. The smallest absolute Gasteiger partial charge is 0.234 e. The summed E-state index contributed by atoms with van der Waals surface area (Å²) in [7, 11) is 1.63. The highest BCUT2D eigenvalue weighted by molar-refractivity contribution is 9.10. The van der Waals surface area contributed by atoms with Gasteiger partial charge in [-0.2, -0.15) is 0 Å². The Labute approximate surface area is 128 Å². The number of benzene rings is 1. The van der Waals surface area contributed by atoms with Gasteiger partial charge in [0.2, 0.25) is 5.91 Å². The highest BCUT2D eigenvalue weighted by Crippen LogP contribution is 2.24. The van der Waals surface area contributed by atoms with Crippen LogP contribution in [-0.4, -0.2) is 45.4 Å². The number of hydrogen-bond acceptors (Lipinski definition) is 4. The molecule has 6 heteroatoms. The molecular weight excluding hydrogens is 324 g/mol. The lowest BCUT2D eigenvalue weighted by atomic mass is 10.3. The van der Waals surface area contributed by atoms with Crippen molar-refractivity contribution in [1.82, 2.24) is 10.6 Å². The van der Waals surface area contributed by atoms with Crippen LogP contribution in [0.4, 0.5) is 0 Å². The van der Waals surface area contributed by atoms with E-state index in [4.69, 9.17) is 9.47 Å². The number of hydrogen-bond donors (Lipinski definition) is 2. The van der Waals surface area contributed by atoms with Gasteiger partial charge in [0.25, 0.3) is 0 Å². The molecule has 112 valence electrons. The third-order valence-corrected chi connectivity index (χ3v) is 3.18. The van der Waals surface area contributed by atoms with Crippen LogP contribution in [0.25, 0.3) is 0 Å². The van der Waals surface area contributed by atoms with Crippen LogP contribution in [0.2, 0.25) is 0 Å². The number of carbonyl (C=O) groups excluding carboxylic acids is 1. The summed E-state index contributed by atoms with van der Waals surface area (Å²) < 4.78 is 11.5. The third-order valence-electron chi connectivity index (χ3n) is 2.52. The van der Waals surface area contributed by atoms with E-state index in [1.165, 1.54) is 0 Å². The topological polar surface area (TPSA) is 59.6 Å². The van der Waals surface area contributed by atoms with Crippen molar-refractivity contribution in [2.45, 2.75) is 13.0 Å². The van der Waals surface area contributed by atoms with Crippen molar-refractivity contribution in [2.24, 2.45) is 0 Å². The Morgan fingerprint density at radius 3 is 2.85 bits per heavy atom. The SMILES string of the molecule is COCCNCC(=O)NCC(C)Oc1ccccc1Br. The lowest BCUT2D eigenvalue weighted by Gasteiger charge is -2.16. The van der Waals surface area contributed by atoms with Crippen molar-refractivity contribution in [1.29, 1.82) is 0 Å². The minimum absolute atomic E-state index is 0.0521. The molecule has 1 amide bonds. The fourth-order valence-electron chi connectivity index (χ4n) is 1.49. The van der Waals surface area contributed by atoms with Gasteiger partial charge < -0.3 is 20.1 Å². The predicted octanol–water partition coefficient (Wildman–Crippen LogP) is 1.57. The van der Waals surface area contributed by atoms with E-state index in [0.717, 1.165) is 10.2 Å². The van der Waals surface area contributed by atoms with Crippen LogP contribution in [0.5, 0.6) is 5.75 Å². The van der Waals surface area contributed by atoms with Gasteiger partial charge in [0.05, 0.1) is 24.2 Å². The van der Waals surface area contributed by atoms with E-state index in [1.807, 2.05) is 31.2 Å². The molecule has 0 aliphatic heterocycles. The predicted molar refractivity (Wildman–Crippen MR) is 82.0 cm³/mol. The number of methoxy groups -OCH3 is 1. The Hall–Kier alpha value is -1.11. The van der Waals surface area contributed by atoms with E-state index in [1.54, 1.807) is 7.11 Å². The van der Waals surface area contributed by atoms with Gasteiger partial charge in [-0.25, -0.2) is 0 Å². The summed E-state index contributed by atoms with van der Waals surface area (Å²) >= 11 is 3.42. The van der Waals surface area contributed by atoms with E-state index in [-0.39, 0.29) is 18.6 Å². The summed E-state index contributed by atoms with van der Waals surface area (Å²) in [5.41, 5.74) is 0. The van der Waals surface area contributed by atoms with Gasteiger partial charge in [-0.15, -0.1) is 0 Å². The van der Waals surface area contributed by atoms with Gasteiger partial charge >= 0.3 is 0 Å². The summed E-state index contributed by atoms with van der Waals surface area (Å²) in [5.74, 6) is 0.719. The second kappa shape index (κ2) is 9.74. The molecule has 1 unspecified atom stereocenters. The van der Waals surface area contributed by atoms with Crippen molar-refractivity contribution in [3.05, 3.63) is 28.7 Å². The maximum atomic E-state index is 11.6. The minimum atomic E-state index is -0.100. The number of para-hydroxylation sites is 1. The van der Waals surface area contributed by atoms with Gasteiger partial charge in [0.1, 0.15) is 11.9 Å². The Bertz CT molecular complexity index is 415. The normalized spacial score (nSPS) is 11.9. The largest absolute Gasteiger partial charge is 0.488 e. The molecule has 0 aliphatic rings. The monoisotopic (exact) mass is 344 g/mol. The van der Waals surface area contributed by atoms with Gasteiger partial charge in [0, 0.05) is 13.7 Å². The number of amides is 1. The van der Waals surface area contributed by atoms with Crippen LogP contribution < -0.4 is 15.4 Å². The molecule has 0 aromatic heterocycles. The molecule has 0 fully saturated rings. The van der Waals surface area contributed by atoms with Crippen molar-refractivity contribution in [3.63, 3.8) is 0 Å². The molecule has 0 bridgehead atoms. The zero-order chi connectivity index (χ0) is 14.8. The summed E-state index contributed by atoms with van der Waals surface area (Å²) in [4.78, 5) is 11.6. The molecule has 1 aromatic carbocycles. The van der Waals surface area contributed by atoms with Crippen LogP contribution in [0.1, 0.15) is 6.92 Å². The molecule has 2 N–H and O–H groups in total. The molecule has 0 saturated heterocycles. The van der Waals surface area contributed by atoms with Gasteiger partial charge in [-0.05, 0) is 35.0 Å². The van der Waals surface area contributed by atoms with Crippen molar-refractivity contribution >= 4 is 21.8 Å². The first kappa shape index (κ1) is 16.9. The van der Waals surface area contributed by atoms with Crippen molar-refractivity contribution in [3.8, 4) is 5.75 Å². The zero-order valence-electron chi connectivity index (χ0n) is 11.8. The molecule has 0 aliphatic carbocycles. The molecule has 5 nitrogen and oxygen atoms in total. The fraction of sp³-hybridized carbons (Fsp3) is 0.500. The van der Waals surface area contributed by atoms with E-state index in [9.17, 15) is 4.79 Å². The molecule has 1 aromatic rings. The van der Waals surface area contributed by atoms with Crippen LogP contribution in [-0.2, 0) is 9.53 Å². The third kappa shape index (κ3) is 6.88. The van der Waals surface area contributed by atoms with Gasteiger partial charge in [-0.3, -0.25) is 4.79 Å². The lowest BCUT2D eigenvalue weighted by molar-refractivity contribution is -0.120. The molecule has 0 radical (unpaired) electrons. The summed E-state index contributed by atoms with van der Waals surface area (Å²) in [6.45, 7) is 3.91. The molecule has 20 heavy (non-hydrogen) atoms. The Kier molecular flexibility index (Phi) is 8.25. The summed E-state index contributed by atoms with van der Waals surface area (Å²) in [6, 6.07) is 7.63. The van der Waals surface area contributed by atoms with E-state index >= 15 is 0 Å². The fourth-order valence-corrected chi connectivity index (χ4v) is 1.87. The molecule has 1 atom stereocenters. The second-order valence-electron chi connectivity index (χ2n) is 4.33. The standard InChI is InChI=1S/C14H21BrN2O3/c1-11(20-13-6-4-3-5-12(13)15)9-17-14(18)10-16-7-8-19-2/h3-6,11,16H,7-10H2,1-2H3,(H,17,18).